The Kier molecular flexibility index (Phi) is 5.38. The van der Waals surface area contributed by atoms with Gasteiger partial charge in [0.25, 0.3) is 5.91 Å². The second-order valence-electron chi connectivity index (χ2n) is 6.41. The van der Waals surface area contributed by atoms with Gasteiger partial charge in [0, 0.05) is 17.1 Å². The van der Waals surface area contributed by atoms with Gasteiger partial charge in [-0.1, -0.05) is 25.4 Å². The van der Waals surface area contributed by atoms with Crippen molar-refractivity contribution in [3.8, 4) is 16.9 Å². The third-order valence-electron chi connectivity index (χ3n) is 3.82. The Morgan fingerprint density at radius 1 is 1.15 bits per heavy atom. The highest BCUT2D eigenvalue weighted by Crippen LogP contribution is 2.23. The molecule has 0 aliphatic rings. The van der Waals surface area contributed by atoms with Crippen LogP contribution in [0.4, 0.5) is 4.39 Å². The molecule has 3 rings (SSSR count). The highest BCUT2D eigenvalue weighted by Gasteiger charge is 2.18. The minimum atomic E-state index is -0.319. The molecule has 1 heterocycles. The van der Waals surface area contributed by atoms with Crippen LogP contribution in [0.25, 0.3) is 16.9 Å². The lowest BCUT2D eigenvalue weighted by atomic mass is 10.1. The Balaban J connectivity index is 2.03. The van der Waals surface area contributed by atoms with Crippen molar-refractivity contribution >= 4 is 17.5 Å². The summed E-state index contributed by atoms with van der Waals surface area (Å²) in [6, 6.07) is 14.8. The second-order valence-corrected chi connectivity index (χ2v) is 6.85. The monoisotopic (exact) mass is 371 g/mol. The van der Waals surface area contributed by atoms with Gasteiger partial charge in [-0.3, -0.25) is 4.79 Å². The van der Waals surface area contributed by atoms with Gasteiger partial charge in [0.2, 0.25) is 0 Å². The summed E-state index contributed by atoms with van der Waals surface area (Å²) >= 11 is 5.96. The predicted octanol–water partition coefficient (Wildman–Crippen LogP) is 4.72. The Bertz CT molecular complexity index is 902. The van der Waals surface area contributed by atoms with Gasteiger partial charge in [0.1, 0.15) is 11.5 Å². The minimum Gasteiger partial charge on any atom is -0.350 e. The molecule has 0 saturated carbocycles. The van der Waals surface area contributed by atoms with Gasteiger partial charge >= 0.3 is 0 Å². The number of aromatic nitrogens is 2. The zero-order chi connectivity index (χ0) is 18.7. The highest BCUT2D eigenvalue weighted by atomic mass is 35.5. The number of nitrogens with one attached hydrogen (secondary N) is 1. The maximum atomic E-state index is 13.2. The number of hydrogen-bond acceptors (Lipinski definition) is 2. The molecule has 0 bridgehead atoms. The first-order chi connectivity index (χ1) is 12.4. The van der Waals surface area contributed by atoms with E-state index < -0.39 is 0 Å². The van der Waals surface area contributed by atoms with Crippen LogP contribution in [0, 0.1) is 11.7 Å². The molecule has 134 valence electrons. The second kappa shape index (κ2) is 7.70. The maximum absolute atomic E-state index is 13.2. The van der Waals surface area contributed by atoms with E-state index in [9.17, 15) is 9.18 Å². The Morgan fingerprint density at radius 3 is 2.42 bits per heavy atom. The number of nitrogens with zero attached hydrogens (tertiary/aromatic N) is 2. The quantitative estimate of drug-likeness (QED) is 0.705. The van der Waals surface area contributed by atoms with Gasteiger partial charge in [-0.05, 0) is 60.5 Å². The van der Waals surface area contributed by atoms with E-state index >= 15 is 0 Å². The van der Waals surface area contributed by atoms with E-state index in [2.05, 4.69) is 10.4 Å². The van der Waals surface area contributed by atoms with Crippen molar-refractivity contribution in [2.75, 3.05) is 6.54 Å². The molecule has 1 aromatic heterocycles. The summed E-state index contributed by atoms with van der Waals surface area (Å²) in [5, 5.41) is 8.06. The number of halogens is 2. The van der Waals surface area contributed by atoms with Crippen molar-refractivity contribution in [3.63, 3.8) is 0 Å². The van der Waals surface area contributed by atoms with Crippen LogP contribution in [-0.2, 0) is 0 Å². The number of amides is 1. The molecule has 3 aromatic rings. The molecule has 26 heavy (non-hydrogen) atoms. The fraction of sp³-hybridized carbons (Fsp3) is 0.200. The molecule has 6 heteroatoms. The SMILES string of the molecule is CC(C)CNC(=O)c1cc(-c2ccc(F)cc2)nn1-c1ccc(Cl)cc1. The molecule has 0 radical (unpaired) electrons. The van der Waals surface area contributed by atoms with E-state index in [-0.39, 0.29) is 11.7 Å². The molecule has 0 spiro atoms. The lowest BCUT2D eigenvalue weighted by molar-refractivity contribution is 0.0941. The van der Waals surface area contributed by atoms with Crippen molar-refractivity contribution in [1.82, 2.24) is 15.1 Å². The molecule has 1 amide bonds. The number of carbonyl (C=O) groups excluding carboxylic acids is 1. The first-order valence-electron chi connectivity index (χ1n) is 8.34. The predicted molar refractivity (Wildman–Crippen MR) is 101 cm³/mol. The van der Waals surface area contributed by atoms with Crippen LogP contribution in [0.2, 0.25) is 5.02 Å². The zero-order valence-corrected chi connectivity index (χ0v) is 15.3. The zero-order valence-electron chi connectivity index (χ0n) is 14.5. The fourth-order valence-electron chi connectivity index (χ4n) is 2.47. The van der Waals surface area contributed by atoms with E-state index in [0.717, 1.165) is 11.3 Å². The van der Waals surface area contributed by atoms with Crippen LogP contribution >= 0.6 is 11.6 Å². The number of hydrogen-bond donors (Lipinski definition) is 1. The van der Waals surface area contributed by atoms with Crippen molar-refractivity contribution in [1.29, 1.82) is 0 Å². The first-order valence-corrected chi connectivity index (χ1v) is 8.72. The number of carbonyl (C=O) groups is 1. The van der Waals surface area contributed by atoms with Crippen molar-refractivity contribution < 1.29 is 9.18 Å². The molecule has 4 nitrogen and oxygen atoms in total. The lowest BCUT2D eigenvalue weighted by Gasteiger charge is -2.09. The lowest BCUT2D eigenvalue weighted by Crippen LogP contribution is -2.29. The fourth-order valence-corrected chi connectivity index (χ4v) is 2.60. The molecule has 0 aliphatic carbocycles. The van der Waals surface area contributed by atoms with Crippen LogP contribution in [0.3, 0.4) is 0 Å². The first kappa shape index (κ1) is 18.1. The number of rotatable bonds is 5. The van der Waals surface area contributed by atoms with Gasteiger partial charge in [-0.25, -0.2) is 9.07 Å². The van der Waals surface area contributed by atoms with Gasteiger partial charge in [-0.15, -0.1) is 0 Å². The summed E-state index contributed by atoms with van der Waals surface area (Å²) in [7, 11) is 0. The van der Waals surface area contributed by atoms with E-state index in [4.69, 9.17) is 11.6 Å². The van der Waals surface area contributed by atoms with E-state index in [0.29, 0.717) is 28.9 Å². The average Bonchev–Trinajstić information content (AvgIpc) is 3.06. The Morgan fingerprint density at radius 2 is 1.81 bits per heavy atom. The summed E-state index contributed by atoms with van der Waals surface area (Å²) < 4.78 is 14.8. The molecule has 2 aromatic carbocycles. The van der Waals surface area contributed by atoms with Crippen LogP contribution < -0.4 is 5.32 Å². The van der Waals surface area contributed by atoms with Crippen LogP contribution in [-0.4, -0.2) is 22.2 Å². The van der Waals surface area contributed by atoms with Crippen molar-refractivity contribution in [2.24, 2.45) is 5.92 Å². The van der Waals surface area contributed by atoms with Gasteiger partial charge in [-0.2, -0.15) is 5.10 Å². The van der Waals surface area contributed by atoms with E-state index in [1.807, 2.05) is 13.8 Å². The minimum absolute atomic E-state index is 0.213. The summed E-state index contributed by atoms with van der Waals surface area (Å²) in [6.07, 6.45) is 0. The van der Waals surface area contributed by atoms with Crippen molar-refractivity contribution in [2.45, 2.75) is 13.8 Å². The third kappa shape index (κ3) is 4.11. The van der Waals surface area contributed by atoms with Crippen LogP contribution in [0.5, 0.6) is 0 Å². The highest BCUT2D eigenvalue weighted by molar-refractivity contribution is 6.30. The smallest absolute Gasteiger partial charge is 0.270 e. The van der Waals surface area contributed by atoms with E-state index in [1.54, 1.807) is 47.1 Å². The van der Waals surface area contributed by atoms with E-state index in [1.165, 1.54) is 12.1 Å². The van der Waals surface area contributed by atoms with Crippen LogP contribution in [0.15, 0.2) is 54.6 Å². The largest absolute Gasteiger partial charge is 0.350 e. The van der Waals surface area contributed by atoms with Gasteiger partial charge in [0.05, 0.1) is 11.4 Å². The summed E-state index contributed by atoms with van der Waals surface area (Å²) in [6.45, 7) is 4.62. The Hall–Kier alpha value is -2.66. The topological polar surface area (TPSA) is 46.9 Å². The number of benzene rings is 2. The molecule has 0 atom stereocenters. The van der Waals surface area contributed by atoms with Gasteiger partial charge in [0.15, 0.2) is 0 Å². The average molecular weight is 372 g/mol. The summed E-state index contributed by atoms with van der Waals surface area (Å²) in [5.74, 6) is -0.197. The van der Waals surface area contributed by atoms with Crippen LogP contribution in [0.1, 0.15) is 24.3 Å². The molecule has 0 saturated heterocycles. The molecular formula is C20H19ClFN3O. The standard InChI is InChI=1S/C20H19ClFN3O/c1-13(2)12-23-20(26)19-11-18(14-3-7-16(22)8-4-14)24-25(19)17-9-5-15(21)6-10-17/h3-11,13H,12H2,1-2H3,(H,23,26). The normalized spacial score (nSPS) is 11.0. The maximum Gasteiger partial charge on any atom is 0.270 e. The molecule has 0 fully saturated rings. The van der Waals surface area contributed by atoms with Gasteiger partial charge < -0.3 is 5.32 Å². The molecule has 0 aliphatic heterocycles. The molecule has 0 unspecified atom stereocenters. The summed E-state index contributed by atoms with van der Waals surface area (Å²) in [5.41, 5.74) is 2.46. The molecule has 1 N–H and O–H groups in total. The third-order valence-corrected chi connectivity index (χ3v) is 4.08. The Labute approximate surface area is 156 Å². The molecular weight excluding hydrogens is 353 g/mol. The summed E-state index contributed by atoms with van der Waals surface area (Å²) in [4.78, 5) is 12.7. The van der Waals surface area contributed by atoms with Crippen molar-refractivity contribution in [3.05, 3.63) is 71.1 Å².